The highest BCUT2D eigenvalue weighted by atomic mass is 32.1. The summed E-state index contributed by atoms with van der Waals surface area (Å²) in [5, 5.41) is 1.43. The molecule has 0 aromatic heterocycles. The zero-order valence-corrected chi connectivity index (χ0v) is 25.5. The quantitative estimate of drug-likeness (QED) is 0.0876. The highest BCUT2D eigenvalue weighted by Gasteiger charge is 2.30. The monoisotopic (exact) mass is 528 g/mol. The Hall–Kier alpha value is 0.360. The highest BCUT2D eigenvalue weighted by Crippen LogP contribution is 2.44. The molecular formula is C29H52S4. The van der Waals surface area contributed by atoms with E-state index in [-0.39, 0.29) is 5.41 Å². The van der Waals surface area contributed by atoms with E-state index < -0.39 is 0 Å². The first kappa shape index (κ1) is 33.4. The Morgan fingerprint density at radius 2 is 0.667 bits per heavy atom. The average Bonchev–Trinajstić information content (AvgIpc) is 2.64. The third-order valence-electron chi connectivity index (χ3n) is 6.37. The molecule has 0 bridgehead atoms. The molecule has 0 fully saturated rings. The van der Waals surface area contributed by atoms with Crippen molar-refractivity contribution in [2.45, 2.75) is 126 Å². The molecule has 0 saturated carbocycles. The van der Waals surface area contributed by atoms with E-state index in [1.54, 1.807) is 0 Å². The van der Waals surface area contributed by atoms with Crippen molar-refractivity contribution in [1.29, 1.82) is 0 Å². The Labute approximate surface area is 229 Å². The lowest BCUT2D eigenvalue weighted by Crippen LogP contribution is -2.23. The summed E-state index contributed by atoms with van der Waals surface area (Å²) in [6.07, 6.45) is 12.8. The summed E-state index contributed by atoms with van der Waals surface area (Å²) >= 11 is 18.3. The second kappa shape index (κ2) is 17.7. The van der Waals surface area contributed by atoms with Crippen molar-refractivity contribution in [2.75, 3.05) is 0 Å². The molecule has 0 aliphatic carbocycles. The standard InChI is InChI=1S/C29H52S4/c1-21(17-25(5)30)9-13-29(14-10-22(2)18-26(6)31,15-11-23(3)19-27(7)32)16-12-24(4)20-28(8)33/h25-28,30-33H,1-4,9-20H2,5-8H3. The summed E-state index contributed by atoms with van der Waals surface area (Å²) in [5.74, 6) is 0. The van der Waals surface area contributed by atoms with Crippen LogP contribution in [0.5, 0.6) is 0 Å². The predicted octanol–water partition coefficient (Wildman–Crippen LogP) is 10.2. The summed E-state index contributed by atoms with van der Waals surface area (Å²) < 4.78 is 0. The molecule has 0 aliphatic heterocycles. The molecule has 4 heteroatoms. The predicted molar refractivity (Wildman–Crippen MR) is 168 cm³/mol. The molecule has 0 rings (SSSR count). The smallest absolute Gasteiger partial charge is 0.00255 e. The topological polar surface area (TPSA) is 0 Å². The maximum absolute atomic E-state index is 4.59. The third kappa shape index (κ3) is 18.3. The largest absolute Gasteiger partial charge is 0.176 e. The lowest BCUT2D eigenvalue weighted by atomic mass is 9.69. The van der Waals surface area contributed by atoms with Crippen molar-refractivity contribution < 1.29 is 0 Å². The van der Waals surface area contributed by atoms with Crippen LogP contribution in [0.2, 0.25) is 0 Å². The SMILES string of the molecule is C=C(CCC(CCC(=C)CC(C)S)(CCC(=C)CC(C)S)CCC(=C)CC(C)S)CC(C)S. The highest BCUT2D eigenvalue weighted by molar-refractivity contribution is 7.81. The molecule has 0 nitrogen and oxygen atoms in total. The molecule has 4 unspecified atom stereocenters. The Bertz CT molecular complexity index is 504. The van der Waals surface area contributed by atoms with E-state index >= 15 is 0 Å². The van der Waals surface area contributed by atoms with Gasteiger partial charge in [0.05, 0.1) is 0 Å². The number of hydrogen-bond donors (Lipinski definition) is 4. The van der Waals surface area contributed by atoms with Gasteiger partial charge < -0.3 is 0 Å². The summed E-state index contributed by atoms with van der Waals surface area (Å²) in [6, 6.07) is 0. The fraction of sp³-hybridized carbons (Fsp3) is 0.724. The van der Waals surface area contributed by atoms with E-state index in [1.807, 2.05) is 0 Å². The number of hydrogen-bond acceptors (Lipinski definition) is 4. The second-order valence-corrected chi connectivity index (χ2v) is 14.2. The lowest BCUT2D eigenvalue weighted by molar-refractivity contribution is 0.197. The molecule has 0 aliphatic rings. The fourth-order valence-corrected chi connectivity index (χ4v) is 5.63. The van der Waals surface area contributed by atoms with Gasteiger partial charge in [0, 0.05) is 21.0 Å². The van der Waals surface area contributed by atoms with Crippen LogP contribution in [0.4, 0.5) is 0 Å². The first-order valence-electron chi connectivity index (χ1n) is 12.6. The minimum absolute atomic E-state index is 0.233. The van der Waals surface area contributed by atoms with Gasteiger partial charge in [0.15, 0.2) is 0 Å². The van der Waals surface area contributed by atoms with Gasteiger partial charge in [0.1, 0.15) is 0 Å². The number of rotatable bonds is 20. The van der Waals surface area contributed by atoms with Gasteiger partial charge in [-0.25, -0.2) is 0 Å². The van der Waals surface area contributed by atoms with Crippen LogP contribution in [0.1, 0.15) is 105 Å². The van der Waals surface area contributed by atoms with Crippen LogP contribution in [0.25, 0.3) is 0 Å². The third-order valence-corrected chi connectivity index (χ3v) is 7.10. The maximum atomic E-state index is 4.59. The number of allylic oxidation sites excluding steroid dienone is 4. The van der Waals surface area contributed by atoms with Crippen molar-refractivity contribution in [3.8, 4) is 0 Å². The van der Waals surface area contributed by atoms with Gasteiger partial charge in [0.2, 0.25) is 0 Å². The second-order valence-electron chi connectivity index (χ2n) is 10.7. The van der Waals surface area contributed by atoms with Crippen molar-refractivity contribution in [1.82, 2.24) is 0 Å². The van der Waals surface area contributed by atoms with E-state index in [4.69, 9.17) is 0 Å². The van der Waals surface area contributed by atoms with Crippen molar-refractivity contribution in [3.05, 3.63) is 48.6 Å². The van der Waals surface area contributed by atoms with Gasteiger partial charge in [0.25, 0.3) is 0 Å². The summed E-state index contributed by atoms with van der Waals surface area (Å²) in [6.45, 7) is 26.1. The van der Waals surface area contributed by atoms with E-state index in [0.29, 0.717) is 21.0 Å². The zero-order chi connectivity index (χ0) is 25.6. The van der Waals surface area contributed by atoms with Gasteiger partial charge in [-0.1, -0.05) is 76.3 Å². The summed E-state index contributed by atoms with van der Waals surface area (Å²) in [4.78, 5) is 0. The average molecular weight is 529 g/mol. The Morgan fingerprint density at radius 3 is 0.818 bits per heavy atom. The molecule has 0 aromatic rings. The van der Waals surface area contributed by atoms with Crippen LogP contribution in [0.15, 0.2) is 48.6 Å². The lowest BCUT2D eigenvalue weighted by Gasteiger charge is -2.36. The van der Waals surface area contributed by atoms with Gasteiger partial charge in [-0.15, -0.1) is 0 Å². The fourth-order valence-electron chi connectivity index (χ4n) is 4.60. The molecule has 0 aromatic carbocycles. The zero-order valence-electron chi connectivity index (χ0n) is 21.9. The van der Waals surface area contributed by atoms with Crippen LogP contribution in [0.3, 0.4) is 0 Å². The minimum Gasteiger partial charge on any atom is -0.176 e. The Balaban J connectivity index is 5.59. The molecule has 0 heterocycles. The molecule has 192 valence electrons. The van der Waals surface area contributed by atoms with Crippen molar-refractivity contribution >= 4 is 50.5 Å². The summed E-state index contributed by atoms with van der Waals surface area (Å²) in [5.41, 5.74) is 5.49. The van der Waals surface area contributed by atoms with Gasteiger partial charge in [-0.05, 0) is 82.5 Å². The van der Waals surface area contributed by atoms with Crippen molar-refractivity contribution in [2.24, 2.45) is 5.41 Å². The molecule has 0 radical (unpaired) electrons. The van der Waals surface area contributed by atoms with E-state index in [1.165, 1.54) is 22.3 Å². The molecule has 4 atom stereocenters. The van der Waals surface area contributed by atoms with Gasteiger partial charge >= 0.3 is 0 Å². The van der Waals surface area contributed by atoms with E-state index in [9.17, 15) is 0 Å². The first-order valence-corrected chi connectivity index (χ1v) is 14.7. The van der Waals surface area contributed by atoms with E-state index in [0.717, 1.165) is 77.0 Å². The Kier molecular flexibility index (Phi) is 17.9. The number of thiol groups is 4. The summed E-state index contributed by atoms with van der Waals surface area (Å²) in [7, 11) is 0. The van der Waals surface area contributed by atoms with Gasteiger partial charge in [-0.3, -0.25) is 0 Å². The van der Waals surface area contributed by atoms with Crippen LogP contribution in [-0.2, 0) is 0 Å². The van der Waals surface area contributed by atoms with Gasteiger partial charge in [-0.2, -0.15) is 50.5 Å². The molecule has 0 amide bonds. The normalized spacial score (nSPS) is 17.0. The molecular weight excluding hydrogens is 477 g/mol. The van der Waals surface area contributed by atoms with Crippen LogP contribution < -0.4 is 0 Å². The van der Waals surface area contributed by atoms with Crippen LogP contribution in [0, 0.1) is 5.41 Å². The molecule has 0 saturated heterocycles. The first-order chi connectivity index (χ1) is 15.2. The van der Waals surface area contributed by atoms with Crippen LogP contribution >= 0.6 is 50.5 Å². The maximum Gasteiger partial charge on any atom is 0.00255 e. The molecule has 33 heavy (non-hydrogen) atoms. The van der Waals surface area contributed by atoms with Crippen molar-refractivity contribution in [3.63, 3.8) is 0 Å². The molecule has 0 N–H and O–H groups in total. The van der Waals surface area contributed by atoms with Crippen LogP contribution in [-0.4, -0.2) is 21.0 Å². The minimum atomic E-state index is 0.233. The Morgan fingerprint density at radius 1 is 0.485 bits per heavy atom. The molecule has 0 spiro atoms. The van der Waals surface area contributed by atoms with E-state index in [2.05, 4.69) is 105 Å².